The molecule has 138 valence electrons. The Morgan fingerprint density at radius 3 is 0.833 bits per heavy atom. The van der Waals surface area contributed by atoms with Gasteiger partial charge in [-0.3, -0.25) is 0 Å². The second kappa shape index (κ2) is 9.18. The second-order valence-corrected chi connectivity index (χ2v) is 5.80. The van der Waals surface area contributed by atoms with E-state index < -0.39 is 60.6 Å². The SMILES string of the molecule is NC(CCC(=O)[O-])(CCC(=O)[O-])C(N)(CCC(=O)[O-])CCC(=O)[O-]. The van der Waals surface area contributed by atoms with Gasteiger partial charge in [0.25, 0.3) is 0 Å². The zero-order chi connectivity index (χ0) is 19.0. The Morgan fingerprint density at radius 1 is 0.542 bits per heavy atom. The molecule has 0 aromatic heterocycles. The Balaban J connectivity index is 5.53. The minimum Gasteiger partial charge on any atom is -0.550 e. The van der Waals surface area contributed by atoms with E-state index in [4.69, 9.17) is 11.5 Å². The monoisotopic (exact) mass is 344 g/mol. The fraction of sp³-hybridized carbons (Fsp3) is 0.714. The van der Waals surface area contributed by atoms with Gasteiger partial charge in [-0.25, -0.2) is 0 Å². The molecule has 4 N–H and O–H groups in total. The van der Waals surface area contributed by atoms with E-state index in [-0.39, 0.29) is 25.7 Å². The van der Waals surface area contributed by atoms with Crippen LogP contribution in [-0.2, 0) is 19.2 Å². The molecule has 0 spiro atoms. The maximum atomic E-state index is 10.7. The highest BCUT2D eigenvalue weighted by atomic mass is 16.4. The van der Waals surface area contributed by atoms with E-state index in [1.165, 1.54) is 0 Å². The number of carboxylic acid groups (broad SMARTS) is 4. The zero-order valence-corrected chi connectivity index (χ0v) is 13.1. The molecule has 0 radical (unpaired) electrons. The maximum absolute atomic E-state index is 10.7. The van der Waals surface area contributed by atoms with Crippen LogP contribution in [0.5, 0.6) is 0 Å². The van der Waals surface area contributed by atoms with Gasteiger partial charge >= 0.3 is 0 Å². The number of carboxylic acids is 4. The normalized spacial score (nSPS) is 11.9. The van der Waals surface area contributed by atoms with Gasteiger partial charge in [0.05, 0.1) is 0 Å². The Bertz CT molecular complexity index is 411. The summed E-state index contributed by atoms with van der Waals surface area (Å²) in [6.45, 7) is 0. The third kappa shape index (κ3) is 7.38. The van der Waals surface area contributed by atoms with E-state index in [0.29, 0.717) is 0 Å². The standard InChI is InChI=1S/C14H24N2O8/c15-13(5-1-9(17)18,6-2-10(19)20)14(16,7-3-11(21)22)8-4-12(23)24/h1-8,15-16H2,(H,17,18)(H,19,20)(H,21,22)(H,23,24)/p-4. The number of hydrogen-bond acceptors (Lipinski definition) is 10. The first kappa shape index (κ1) is 21.8. The van der Waals surface area contributed by atoms with Crippen molar-refractivity contribution in [1.29, 1.82) is 0 Å². The highest BCUT2D eigenvalue weighted by Gasteiger charge is 2.44. The second-order valence-electron chi connectivity index (χ2n) is 5.80. The van der Waals surface area contributed by atoms with E-state index in [1.54, 1.807) is 0 Å². The number of rotatable bonds is 13. The van der Waals surface area contributed by atoms with Crippen molar-refractivity contribution in [3.05, 3.63) is 0 Å². The lowest BCUT2D eigenvalue weighted by atomic mass is 9.67. The molecule has 0 unspecified atom stereocenters. The van der Waals surface area contributed by atoms with Crippen LogP contribution in [-0.4, -0.2) is 35.0 Å². The maximum Gasteiger partial charge on any atom is 0.0415 e. The summed E-state index contributed by atoms with van der Waals surface area (Å²) in [5.74, 6) is -5.83. The first-order chi connectivity index (χ1) is 10.9. The molecular weight excluding hydrogens is 324 g/mol. The van der Waals surface area contributed by atoms with Crippen molar-refractivity contribution in [3.63, 3.8) is 0 Å². The highest BCUT2D eigenvalue weighted by molar-refractivity contribution is 5.66. The summed E-state index contributed by atoms with van der Waals surface area (Å²) >= 11 is 0. The average Bonchev–Trinajstić information content (AvgIpc) is 2.46. The minimum atomic E-state index is -1.65. The summed E-state index contributed by atoms with van der Waals surface area (Å²) in [4.78, 5) is 42.8. The molecule has 0 aliphatic carbocycles. The van der Waals surface area contributed by atoms with Crippen LogP contribution in [0.4, 0.5) is 0 Å². The van der Waals surface area contributed by atoms with Crippen molar-refractivity contribution in [3.8, 4) is 0 Å². The van der Waals surface area contributed by atoms with Crippen LogP contribution >= 0.6 is 0 Å². The molecule has 0 aromatic rings. The summed E-state index contributed by atoms with van der Waals surface area (Å²) in [6, 6.07) is 0. The predicted octanol–water partition coefficient (Wildman–Crippen LogP) is -5.50. The lowest BCUT2D eigenvalue weighted by Gasteiger charge is -2.47. The lowest BCUT2D eigenvalue weighted by molar-refractivity contribution is -0.309. The first-order valence-corrected chi connectivity index (χ1v) is 7.29. The molecule has 0 saturated carbocycles. The Labute approximate surface area is 138 Å². The molecule has 10 nitrogen and oxygen atoms in total. The number of nitrogens with two attached hydrogens (primary N) is 2. The lowest BCUT2D eigenvalue weighted by Crippen LogP contribution is -2.67. The van der Waals surface area contributed by atoms with Gasteiger partial charge in [0.1, 0.15) is 0 Å². The molecule has 0 aliphatic rings. The molecule has 0 atom stereocenters. The quantitative estimate of drug-likeness (QED) is 0.323. The van der Waals surface area contributed by atoms with Crippen LogP contribution in [0.2, 0.25) is 0 Å². The summed E-state index contributed by atoms with van der Waals surface area (Å²) in [5, 5.41) is 42.8. The number of aliphatic carboxylic acids is 4. The van der Waals surface area contributed by atoms with Gasteiger partial charge < -0.3 is 51.1 Å². The van der Waals surface area contributed by atoms with E-state index in [0.717, 1.165) is 0 Å². The Hall–Kier alpha value is -2.20. The summed E-state index contributed by atoms with van der Waals surface area (Å²) in [6.07, 6.45) is -3.51. The average molecular weight is 344 g/mol. The molecule has 10 heteroatoms. The molecule has 0 fully saturated rings. The molecule has 0 rings (SSSR count). The zero-order valence-electron chi connectivity index (χ0n) is 13.1. The minimum absolute atomic E-state index is 0.320. The van der Waals surface area contributed by atoms with Crippen LogP contribution in [0, 0.1) is 0 Å². The van der Waals surface area contributed by atoms with Gasteiger partial charge in [0.15, 0.2) is 0 Å². The van der Waals surface area contributed by atoms with Crippen LogP contribution in [0.3, 0.4) is 0 Å². The topological polar surface area (TPSA) is 213 Å². The van der Waals surface area contributed by atoms with Crippen molar-refractivity contribution in [2.24, 2.45) is 11.5 Å². The van der Waals surface area contributed by atoms with Crippen molar-refractivity contribution in [1.82, 2.24) is 0 Å². The fourth-order valence-corrected chi connectivity index (χ4v) is 2.55. The van der Waals surface area contributed by atoms with Gasteiger partial charge in [0, 0.05) is 35.0 Å². The first-order valence-electron chi connectivity index (χ1n) is 7.29. The van der Waals surface area contributed by atoms with Gasteiger partial charge in [-0.05, 0) is 51.4 Å². The van der Waals surface area contributed by atoms with Crippen molar-refractivity contribution < 1.29 is 39.6 Å². The van der Waals surface area contributed by atoms with Gasteiger partial charge in [-0.15, -0.1) is 0 Å². The number of carbonyl (C=O) groups is 4. The van der Waals surface area contributed by atoms with Crippen LogP contribution in [0.15, 0.2) is 0 Å². The van der Waals surface area contributed by atoms with E-state index in [1.807, 2.05) is 0 Å². The molecule has 0 bridgehead atoms. The molecular formula is C14H20N2O8-4. The molecule has 0 amide bonds. The molecule has 0 aromatic carbocycles. The van der Waals surface area contributed by atoms with E-state index in [9.17, 15) is 39.6 Å². The van der Waals surface area contributed by atoms with E-state index in [2.05, 4.69) is 0 Å². The summed E-state index contributed by atoms with van der Waals surface area (Å²) in [5.41, 5.74) is 8.91. The third-order valence-corrected chi connectivity index (χ3v) is 4.09. The predicted molar refractivity (Wildman–Crippen MR) is 70.8 cm³/mol. The van der Waals surface area contributed by atoms with E-state index >= 15 is 0 Å². The molecule has 0 aliphatic heterocycles. The summed E-state index contributed by atoms with van der Waals surface area (Å²) in [7, 11) is 0. The molecule has 0 heterocycles. The molecule has 24 heavy (non-hydrogen) atoms. The summed E-state index contributed by atoms with van der Waals surface area (Å²) < 4.78 is 0. The van der Waals surface area contributed by atoms with Gasteiger partial charge in [-0.2, -0.15) is 0 Å². The molecule has 0 saturated heterocycles. The smallest absolute Gasteiger partial charge is 0.0415 e. The Kier molecular flexibility index (Phi) is 8.34. The highest BCUT2D eigenvalue weighted by Crippen LogP contribution is 2.34. The third-order valence-electron chi connectivity index (χ3n) is 4.09. The van der Waals surface area contributed by atoms with Crippen molar-refractivity contribution in [2.45, 2.75) is 62.4 Å². The van der Waals surface area contributed by atoms with Crippen molar-refractivity contribution in [2.75, 3.05) is 0 Å². The van der Waals surface area contributed by atoms with Gasteiger partial charge in [0.2, 0.25) is 0 Å². The fourth-order valence-electron chi connectivity index (χ4n) is 2.55. The van der Waals surface area contributed by atoms with Crippen LogP contribution in [0.25, 0.3) is 0 Å². The van der Waals surface area contributed by atoms with Crippen molar-refractivity contribution >= 4 is 23.9 Å². The Morgan fingerprint density at radius 2 is 0.708 bits per heavy atom. The number of hydrogen-bond donors (Lipinski definition) is 2. The van der Waals surface area contributed by atoms with Gasteiger partial charge in [-0.1, -0.05) is 0 Å². The largest absolute Gasteiger partial charge is 0.550 e. The number of carbonyl (C=O) groups excluding carboxylic acids is 4. The van der Waals surface area contributed by atoms with Crippen LogP contribution in [0.1, 0.15) is 51.4 Å². The van der Waals surface area contributed by atoms with Crippen LogP contribution < -0.4 is 31.9 Å².